The number of carbonyl (C=O) groups excluding carboxylic acids is 4. The van der Waals surface area contributed by atoms with Gasteiger partial charge in [0, 0.05) is 44.4 Å². The lowest BCUT2D eigenvalue weighted by Crippen LogP contribution is -2.52. The van der Waals surface area contributed by atoms with E-state index in [1.54, 1.807) is 29.2 Å². The molecule has 0 aliphatic carbocycles. The molecule has 1 fully saturated rings. The lowest BCUT2D eigenvalue weighted by atomic mass is 10.1. The zero-order valence-electron chi connectivity index (χ0n) is 13.2. The van der Waals surface area contributed by atoms with Gasteiger partial charge in [0.1, 0.15) is 0 Å². The molecule has 1 N–H and O–H groups in total. The third-order valence-electron chi connectivity index (χ3n) is 3.76. The zero-order chi connectivity index (χ0) is 17.0. The van der Waals surface area contributed by atoms with E-state index >= 15 is 0 Å². The zero-order valence-corrected chi connectivity index (χ0v) is 13.2. The quantitative estimate of drug-likeness (QED) is 0.636. The van der Waals surface area contributed by atoms with Crippen molar-refractivity contribution in [2.45, 2.75) is 13.8 Å². The minimum atomic E-state index is -0.725. The summed E-state index contributed by atoms with van der Waals surface area (Å²) in [5.41, 5.74) is 0.991. The van der Waals surface area contributed by atoms with Gasteiger partial charge in [0.25, 0.3) is 0 Å². The summed E-state index contributed by atoms with van der Waals surface area (Å²) in [6, 6.07) is 6.34. The molecule has 122 valence electrons. The first-order valence-corrected chi connectivity index (χ1v) is 7.35. The normalized spacial score (nSPS) is 14.3. The van der Waals surface area contributed by atoms with Crippen molar-refractivity contribution in [3.8, 4) is 0 Å². The third-order valence-corrected chi connectivity index (χ3v) is 3.76. The van der Waals surface area contributed by atoms with E-state index in [1.807, 2.05) is 0 Å². The van der Waals surface area contributed by atoms with Gasteiger partial charge in [0.05, 0.1) is 0 Å². The first-order valence-electron chi connectivity index (χ1n) is 7.35. The molecular weight excluding hydrogens is 298 g/mol. The lowest BCUT2D eigenvalue weighted by Gasteiger charge is -2.33. The summed E-state index contributed by atoms with van der Waals surface area (Å²) < 4.78 is 0. The molecule has 0 spiro atoms. The number of nitrogens with one attached hydrogen (secondary N) is 1. The highest BCUT2D eigenvalue weighted by Gasteiger charge is 2.26. The average Bonchev–Trinajstić information content (AvgIpc) is 2.54. The average molecular weight is 317 g/mol. The van der Waals surface area contributed by atoms with E-state index in [2.05, 4.69) is 5.32 Å². The van der Waals surface area contributed by atoms with Gasteiger partial charge in [0.2, 0.25) is 5.91 Å². The van der Waals surface area contributed by atoms with Crippen molar-refractivity contribution in [2.75, 3.05) is 31.5 Å². The van der Waals surface area contributed by atoms with Crippen molar-refractivity contribution < 1.29 is 19.2 Å². The number of Topliss-reactive ketones (excluding diaryl/α,β-unsaturated/α-hetero) is 1. The second-order valence-corrected chi connectivity index (χ2v) is 5.39. The fourth-order valence-corrected chi connectivity index (χ4v) is 2.34. The highest BCUT2D eigenvalue weighted by atomic mass is 16.2. The standard InChI is InChI=1S/C16H19N3O4/c1-11(20)13-3-5-14(6-4-13)17-15(22)16(23)19-9-7-18(8-10-19)12(2)21/h3-6H,7-10H2,1-2H3,(H,17,22). The van der Waals surface area contributed by atoms with Crippen LogP contribution in [0, 0.1) is 0 Å². The highest BCUT2D eigenvalue weighted by Crippen LogP contribution is 2.11. The van der Waals surface area contributed by atoms with Gasteiger partial charge in [-0.15, -0.1) is 0 Å². The summed E-state index contributed by atoms with van der Waals surface area (Å²) in [7, 11) is 0. The number of hydrogen-bond acceptors (Lipinski definition) is 4. The number of rotatable bonds is 2. The van der Waals surface area contributed by atoms with E-state index in [0.29, 0.717) is 37.4 Å². The molecule has 0 radical (unpaired) electrons. The topological polar surface area (TPSA) is 86.8 Å². The Kier molecular flexibility index (Phi) is 5.10. The molecule has 7 heteroatoms. The number of carbonyl (C=O) groups is 4. The number of piperazine rings is 1. The Morgan fingerprint density at radius 2 is 1.39 bits per heavy atom. The monoisotopic (exact) mass is 317 g/mol. The molecule has 0 unspecified atom stereocenters. The minimum absolute atomic E-state index is 0.0351. The van der Waals surface area contributed by atoms with Crippen LogP contribution in [0.25, 0.3) is 0 Å². The summed E-state index contributed by atoms with van der Waals surface area (Å²) in [5, 5.41) is 2.52. The Morgan fingerprint density at radius 3 is 1.87 bits per heavy atom. The first kappa shape index (κ1) is 16.7. The van der Waals surface area contributed by atoms with Crippen LogP contribution in [-0.2, 0) is 14.4 Å². The van der Waals surface area contributed by atoms with Gasteiger partial charge in [-0.3, -0.25) is 19.2 Å². The number of benzene rings is 1. The minimum Gasteiger partial charge on any atom is -0.339 e. The maximum absolute atomic E-state index is 12.1. The summed E-state index contributed by atoms with van der Waals surface area (Å²) in [6.45, 7) is 4.49. The van der Waals surface area contributed by atoms with E-state index in [1.165, 1.54) is 18.7 Å². The van der Waals surface area contributed by atoms with E-state index in [9.17, 15) is 19.2 Å². The summed E-state index contributed by atoms with van der Waals surface area (Å²) in [6.07, 6.45) is 0. The van der Waals surface area contributed by atoms with Crippen LogP contribution >= 0.6 is 0 Å². The van der Waals surface area contributed by atoms with Gasteiger partial charge in [-0.1, -0.05) is 0 Å². The number of amides is 3. The van der Waals surface area contributed by atoms with E-state index in [-0.39, 0.29) is 11.7 Å². The van der Waals surface area contributed by atoms with Crippen molar-refractivity contribution in [3.05, 3.63) is 29.8 Å². The van der Waals surface area contributed by atoms with Crippen molar-refractivity contribution in [3.63, 3.8) is 0 Å². The largest absolute Gasteiger partial charge is 0.339 e. The molecule has 0 bridgehead atoms. The van der Waals surface area contributed by atoms with Crippen LogP contribution in [0.15, 0.2) is 24.3 Å². The maximum Gasteiger partial charge on any atom is 0.313 e. The molecule has 3 amide bonds. The summed E-state index contributed by atoms with van der Waals surface area (Å²) in [4.78, 5) is 49.6. The highest BCUT2D eigenvalue weighted by molar-refractivity contribution is 6.39. The molecule has 2 rings (SSSR count). The number of hydrogen-bond donors (Lipinski definition) is 1. The molecule has 1 aromatic rings. The predicted octanol–water partition coefficient (Wildman–Crippen LogP) is 0.518. The van der Waals surface area contributed by atoms with Crippen molar-refractivity contribution >= 4 is 29.2 Å². The molecule has 1 aliphatic heterocycles. The van der Waals surface area contributed by atoms with Gasteiger partial charge in [0.15, 0.2) is 5.78 Å². The second-order valence-electron chi connectivity index (χ2n) is 5.39. The first-order chi connectivity index (χ1) is 10.9. The molecule has 1 aromatic carbocycles. The smallest absolute Gasteiger partial charge is 0.313 e. The Balaban J connectivity index is 1.91. The van der Waals surface area contributed by atoms with Crippen LogP contribution in [0.5, 0.6) is 0 Å². The van der Waals surface area contributed by atoms with Crippen LogP contribution in [-0.4, -0.2) is 59.5 Å². The maximum atomic E-state index is 12.1. The summed E-state index contributed by atoms with van der Waals surface area (Å²) in [5.74, 6) is -1.45. The molecule has 0 saturated carbocycles. The third kappa shape index (κ3) is 4.15. The van der Waals surface area contributed by atoms with Crippen molar-refractivity contribution in [1.82, 2.24) is 9.80 Å². The molecular formula is C16H19N3O4. The van der Waals surface area contributed by atoms with Crippen molar-refractivity contribution in [2.24, 2.45) is 0 Å². The van der Waals surface area contributed by atoms with Crippen LogP contribution in [0.2, 0.25) is 0 Å². The molecule has 1 heterocycles. The summed E-state index contributed by atoms with van der Waals surface area (Å²) >= 11 is 0. The van der Waals surface area contributed by atoms with E-state index in [0.717, 1.165) is 0 Å². The van der Waals surface area contributed by atoms with Gasteiger partial charge in [-0.05, 0) is 31.2 Å². The van der Waals surface area contributed by atoms with Crippen LogP contribution < -0.4 is 5.32 Å². The molecule has 7 nitrogen and oxygen atoms in total. The Morgan fingerprint density at radius 1 is 0.870 bits per heavy atom. The number of nitrogens with zero attached hydrogens (tertiary/aromatic N) is 2. The molecule has 1 aliphatic rings. The predicted molar refractivity (Wildman–Crippen MR) is 83.9 cm³/mol. The van der Waals surface area contributed by atoms with Gasteiger partial charge < -0.3 is 15.1 Å². The van der Waals surface area contributed by atoms with Gasteiger partial charge in [-0.2, -0.15) is 0 Å². The molecule has 1 saturated heterocycles. The van der Waals surface area contributed by atoms with Gasteiger partial charge in [-0.25, -0.2) is 0 Å². The molecule has 0 aromatic heterocycles. The molecule has 23 heavy (non-hydrogen) atoms. The Labute approximate surface area is 134 Å². The van der Waals surface area contributed by atoms with Crippen LogP contribution in [0.1, 0.15) is 24.2 Å². The SMILES string of the molecule is CC(=O)c1ccc(NC(=O)C(=O)N2CCN(C(C)=O)CC2)cc1. The van der Waals surface area contributed by atoms with Crippen LogP contribution in [0.3, 0.4) is 0 Å². The Hall–Kier alpha value is -2.70. The van der Waals surface area contributed by atoms with Crippen LogP contribution in [0.4, 0.5) is 5.69 Å². The second kappa shape index (κ2) is 7.04. The van der Waals surface area contributed by atoms with Gasteiger partial charge >= 0.3 is 11.8 Å². The fraction of sp³-hybridized carbons (Fsp3) is 0.375. The van der Waals surface area contributed by atoms with E-state index in [4.69, 9.17) is 0 Å². The fourth-order valence-electron chi connectivity index (χ4n) is 2.34. The molecule has 0 atom stereocenters. The van der Waals surface area contributed by atoms with Crippen molar-refractivity contribution in [1.29, 1.82) is 0 Å². The lowest BCUT2D eigenvalue weighted by molar-refractivity contribution is -0.145. The van der Waals surface area contributed by atoms with E-state index < -0.39 is 11.8 Å². The number of ketones is 1. The Bertz CT molecular complexity index is 631. The number of anilines is 1.